The maximum Gasteiger partial charge on any atom is 0.0521 e. The number of nitrogens with zero attached hydrogens (tertiary/aromatic N) is 3. The van der Waals surface area contributed by atoms with Crippen molar-refractivity contribution in [3.05, 3.63) is 18.0 Å². The van der Waals surface area contributed by atoms with Crippen LogP contribution in [0.1, 0.15) is 38.3 Å². The second-order valence-electron chi connectivity index (χ2n) is 5.36. The van der Waals surface area contributed by atoms with Crippen LogP contribution in [0.3, 0.4) is 0 Å². The molecule has 1 aliphatic carbocycles. The summed E-state index contributed by atoms with van der Waals surface area (Å²) in [6.45, 7) is 5.16. The van der Waals surface area contributed by atoms with Crippen LogP contribution in [0.2, 0.25) is 0 Å². The molecule has 2 unspecified atom stereocenters. The second kappa shape index (κ2) is 6.34. The molecule has 0 aliphatic heterocycles. The van der Waals surface area contributed by atoms with Gasteiger partial charge in [-0.05, 0) is 37.9 Å². The van der Waals surface area contributed by atoms with Crippen molar-refractivity contribution in [1.82, 2.24) is 14.7 Å². The van der Waals surface area contributed by atoms with Gasteiger partial charge < -0.3 is 5.73 Å². The quantitative estimate of drug-likeness (QED) is 0.866. The van der Waals surface area contributed by atoms with Crippen molar-refractivity contribution in [3.8, 4) is 0 Å². The summed E-state index contributed by atoms with van der Waals surface area (Å²) >= 11 is 0. The summed E-state index contributed by atoms with van der Waals surface area (Å²) in [5.41, 5.74) is 7.24. The third-order valence-electron chi connectivity index (χ3n) is 4.33. The fourth-order valence-electron chi connectivity index (χ4n) is 3.17. The normalized spacial score (nSPS) is 24.7. The van der Waals surface area contributed by atoms with Gasteiger partial charge in [0.05, 0.1) is 5.69 Å². The minimum absolute atomic E-state index is 0.656. The molecule has 1 aromatic rings. The lowest BCUT2D eigenvalue weighted by atomic mass is 9.83. The standard InChI is InChI=1S/C14H26N4/c1-3-18(11-13-8-9-16-17(13)2)14-7-5-4-6-12(14)10-15/h8-9,12,14H,3-7,10-11,15H2,1-2H3. The van der Waals surface area contributed by atoms with Gasteiger partial charge in [0, 0.05) is 25.8 Å². The molecule has 2 N–H and O–H groups in total. The lowest BCUT2D eigenvalue weighted by molar-refractivity contribution is 0.103. The van der Waals surface area contributed by atoms with Gasteiger partial charge in [-0.25, -0.2) is 0 Å². The van der Waals surface area contributed by atoms with Gasteiger partial charge in [0.2, 0.25) is 0 Å². The van der Waals surface area contributed by atoms with Crippen LogP contribution in [0.25, 0.3) is 0 Å². The fraction of sp³-hybridized carbons (Fsp3) is 0.786. The van der Waals surface area contributed by atoms with E-state index in [0.717, 1.165) is 19.6 Å². The predicted molar refractivity (Wildman–Crippen MR) is 74.1 cm³/mol. The lowest BCUT2D eigenvalue weighted by Crippen LogP contribution is -2.44. The number of rotatable bonds is 5. The molecule has 1 aromatic heterocycles. The molecule has 2 rings (SSSR count). The van der Waals surface area contributed by atoms with E-state index >= 15 is 0 Å². The first-order valence-electron chi connectivity index (χ1n) is 7.17. The van der Waals surface area contributed by atoms with E-state index in [1.165, 1.54) is 31.4 Å². The zero-order valence-corrected chi connectivity index (χ0v) is 11.7. The van der Waals surface area contributed by atoms with Crippen molar-refractivity contribution >= 4 is 0 Å². The van der Waals surface area contributed by atoms with Crippen LogP contribution in [-0.2, 0) is 13.6 Å². The van der Waals surface area contributed by atoms with Crippen molar-refractivity contribution in [2.24, 2.45) is 18.7 Å². The number of hydrogen-bond donors (Lipinski definition) is 1. The van der Waals surface area contributed by atoms with Gasteiger partial charge >= 0.3 is 0 Å². The molecule has 1 fully saturated rings. The first-order valence-corrected chi connectivity index (χ1v) is 7.17. The molecule has 4 heteroatoms. The summed E-state index contributed by atoms with van der Waals surface area (Å²) in [5, 5.41) is 4.25. The molecule has 102 valence electrons. The molecule has 0 aromatic carbocycles. The van der Waals surface area contributed by atoms with Crippen LogP contribution in [0.15, 0.2) is 12.3 Å². The van der Waals surface area contributed by atoms with E-state index in [-0.39, 0.29) is 0 Å². The Labute approximate surface area is 110 Å². The van der Waals surface area contributed by atoms with Gasteiger partial charge in [-0.1, -0.05) is 19.8 Å². The summed E-state index contributed by atoms with van der Waals surface area (Å²) in [5.74, 6) is 0.673. The molecule has 0 spiro atoms. The van der Waals surface area contributed by atoms with Crippen LogP contribution in [0, 0.1) is 5.92 Å². The molecule has 1 heterocycles. The van der Waals surface area contributed by atoms with Gasteiger partial charge in [-0.3, -0.25) is 9.58 Å². The van der Waals surface area contributed by atoms with E-state index in [9.17, 15) is 0 Å². The van der Waals surface area contributed by atoms with E-state index < -0.39 is 0 Å². The summed E-state index contributed by atoms with van der Waals surface area (Å²) < 4.78 is 1.98. The first-order chi connectivity index (χ1) is 8.76. The second-order valence-corrected chi connectivity index (χ2v) is 5.36. The average molecular weight is 250 g/mol. The minimum atomic E-state index is 0.656. The Kier molecular flexibility index (Phi) is 4.78. The van der Waals surface area contributed by atoms with Crippen molar-refractivity contribution in [3.63, 3.8) is 0 Å². The zero-order chi connectivity index (χ0) is 13.0. The SMILES string of the molecule is CCN(Cc1ccnn1C)C1CCCCC1CN. The summed E-state index contributed by atoms with van der Waals surface area (Å²) in [6, 6.07) is 2.77. The highest BCUT2D eigenvalue weighted by molar-refractivity contribution is 5.00. The molecule has 1 aliphatic rings. The van der Waals surface area contributed by atoms with Crippen LogP contribution < -0.4 is 5.73 Å². The van der Waals surface area contributed by atoms with Gasteiger partial charge in [0.1, 0.15) is 0 Å². The fourth-order valence-corrected chi connectivity index (χ4v) is 3.17. The molecule has 0 amide bonds. The van der Waals surface area contributed by atoms with E-state index in [0.29, 0.717) is 12.0 Å². The predicted octanol–water partition coefficient (Wildman–Crippen LogP) is 1.76. The molecule has 0 bridgehead atoms. The van der Waals surface area contributed by atoms with Crippen LogP contribution >= 0.6 is 0 Å². The molecular weight excluding hydrogens is 224 g/mol. The third-order valence-corrected chi connectivity index (χ3v) is 4.33. The Morgan fingerprint density at radius 2 is 2.22 bits per heavy atom. The molecule has 4 nitrogen and oxygen atoms in total. The van der Waals surface area contributed by atoms with E-state index in [1.807, 2.05) is 17.9 Å². The Hall–Kier alpha value is -0.870. The number of aryl methyl sites for hydroxylation is 1. The minimum Gasteiger partial charge on any atom is -0.330 e. The topological polar surface area (TPSA) is 47.1 Å². The molecule has 0 saturated heterocycles. The van der Waals surface area contributed by atoms with Crippen LogP contribution in [0.4, 0.5) is 0 Å². The van der Waals surface area contributed by atoms with Gasteiger partial charge in [0.25, 0.3) is 0 Å². The first kappa shape index (κ1) is 13.6. The van der Waals surface area contributed by atoms with Gasteiger partial charge in [-0.2, -0.15) is 5.10 Å². The Bertz CT molecular complexity index is 360. The molecule has 2 atom stereocenters. The highest BCUT2D eigenvalue weighted by Crippen LogP contribution is 2.28. The molecular formula is C14H26N4. The monoisotopic (exact) mass is 250 g/mol. The smallest absolute Gasteiger partial charge is 0.0521 e. The lowest BCUT2D eigenvalue weighted by Gasteiger charge is -2.39. The average Bonchev–Trinajstić information content (AvgIpc) is 2.81. The Morgan fingerprint density at radius 3 is 2.83 bits per heavy atom. The van der Waals surface area contributed by atoms with Crippen LogP contribution in [0.5, 0.6) is 0 Å². The van der Waals surface area contributed by atoms with E-state index in [2.05, 4.69) is 23.0 Å². The molecule has 1 saturated carbocycles. The highest BCUT2D eigenvalue weighted by Gasteiger charge is 2.28. The van der Waals surface area contributed by atoms with Crippen molar-refractivity contribution in [1.29, 1.82) is 0 Å². The largest absolute Gasteiger partial charge is 0.330 e. The van der Waals surface area contributed by atoms with Crippen molar-refractivity contribution in [2.45, 2.75) is 45.2 Å². The van der Waals surface area contributed by atoms with Crippen molar-refractivity contribution in [2.75, 3.05) is 13.1 Å². The summed E-state index contributed by atoms with van der Waals surface area (Å²) in [7, 11) is 2.02. The van der Waals surface area contributed by atoms with Gasteiger partial charge in [0.15, 0.2) is 0 Å². The zero-order valence-electron chi connectivity index (χ0n) is 11.7. The van der Waals surface area contributed by atoms with Crippen molar-refractivity contribution < 1.29 is 0 Å². The number of hydrogen-bond acceptors (Lipinski definition) is 3. The third kappa shape index (κ3) is 2.93. The highest BCUT2D eigenvalue weighted by atomic mass is 15.3. The van der Waals surface area contributed by atoms with E-state index in [4.69, 9.17) is 5.73 Å². The van der Waals surface area contributed by atoms with Gasteiger partial charge in [-0.15, -0.1) is 0 Å². The van der Waals surface area contributed by atoms with Crippen LogP contribution in [-0.4, -0.2) is 33.8 Å². The summed E-state index contributed by atoms with van der Waals surface area (Å²) in [6.07, 6.45) is 7.17. The maximum absolute atomic E-state index is 5.95. The molecule has 0 radical (unpaired) electrons. The molecule has 18 heavy (non-hydrogen) atoms. The Balaban J connectivity index is 2.05. The number of aromatic nitrogens is 2. The number of nitrogens with two attached hydrogens (primary N) is 1. The maximum atomic E-state index is 5.95. The Morgan fingerprint density at radius 1 is 1.44 bits per heavy atom. The summed E-state index contributed by atoms with van der Waals surface area (Å²) in [4.78, 5) is 2.58. The van der Waals surface area contributed by atoms with E-state index in [1.54, 1.807) is 0 Å².